The molecule has 6 nitrogen and oxygen atoms in total. The smallest absolute Gasteiger partial charge is 0.339 e. The van der Waals surface area contributed by atoms with Crippen LogP contribution in [0.2, 0.25) is 0 Å². The maximum atomic E-state index is 12.8. The molecule has 0 bridgehead atoms. The van der Waals surface area contributed by atoms with Crippen molar-refractivity contribution in [2.75, 3.05) is 20.3 Å². The number of ether oxygens (including phenoxy) is 2. The van der Waals surface area contributed by atoms with E-state index < -0.39 is 12.1 Å². The van der Waals surface area contributed by atoms with Crippen LogP contribution in [0.15, 0.2) is 47.8 Å². The lowest BCUT2D eigenvalue weighted by molar-refractivity contribution is -0.129. The average molecular weight is 384 g/mol. The van der Waals surface area contributed by atoms with E-state index in [1.165, 1.54) is 0 Å². The van der Waals surface area contributed by atoms with Gasteiger partial charge in [-0.25, -0.2) is 9.78 Å². The number of nitrogens with zero attached hydrogens (tertiary/aromatic N) is 1. The van der Waals surface area contributed by atoms with Crippen LogP contribution in [0.25, 0.3) is 21.5 Å². The minimum absolute atomic E-state index is 0.359. The third-order valence-electron chi connectivity index (χ3n) is 3.97. The molecule has 1 atom stereocenters. The molecule has 0 saturated heterocycles. The van der Waals surface area contributed by atoms with Gasteiger partial charge in [0, 0.05) is 19.0 Å². The maximum Gasteiger partial charge on any atom is 0.339 e. The van der Waals surface area contributed by atoms with Gasteiger partial charge in [-0.1, -0.05) is 24.3 Å². The number of rotatable bonds is 7. The number of aromatic nitrogens is 1. The summed E-state index contributed by atoms with van der Waals surface area (Å²) >= 11 is 1.54. The van der Waals surface area contributed by atoms with Gasteiger partial charge in [-0.15, -0.1) is 11.3 Å². The number of carbonyl (C=O) groups excluding carboxylic acids is 2. The third kappa shape index (κ3) is 4.50. The number of pyridine rings is 1. The van der Waals surface area contributed by atoms with E-state index in [9.17, 15) is 9.59 Å². The lowest BCUT2D eigenvalue weighted by Gasteiger charge is -2.14. The fourth-order valence-corrected chi connectivity index (χ4v) is 3.28. The second-order valence-corrected chi connectivity index (χ2v) is 6.83. The Morgan fingerprint density at radius 1 is 1.22 bits per heavy atom. The number of nitrogens with one attached hydrogen (secondary N) is 1. The molecule has 1 aromatic carbocycles. The fraction of sp³-hybridized carbons (Fsp3) is 0.250. The van der Waals surface area contributed by atoms with Gasteiger partial charge in [-0.2, -0.15) is 0 Å². The molecule has 0 fully saturated rings. The van der Waals surface area contributed by atoms with Crippen LogP contribution in [-0.2, 0) is 14.3 Å². The van der Waals surface area contributed by atoms with Crippen molar-refractivity contribution in [3.05, 3.63) is 53.4 Å². The number of para-hydroxylation sites is 1. The summed E-state index contributed by atoms with van der Waals surface area (Å²) in [4.78, 5) is 30.4. The van der Waals surface area contributed by atoms with Crippen LogP contribution in [0, 0.1) is 0 Å². The Labute approximate surface area is 161 Å². The summed E-state index contributed by atoms with van der Waals surface area (Å²) < 4.78 is 10.3. The number of fused-ring (bicyclic) bond motifs is 1. The number of hydrogen-bond acceptors (Lipinski definition) is 6. The van der Waals surface area contributed by atoms with Crippen LogP contribution in [-0.4, -0.2) is 43.2 Å². The predicted octanol–water partition coefficient (Wildman–Crippen LogP) is 3.27. The van der Waals surface area contributed by atoms with Crippen molar-refractivity contribution in [2.45, 2.75) is 13.0 Å². The Morgan fingerprint density at radius 2 is 2.04 bits per heavy atom. The zero-order valence-corrected chi connectivity index (χ0v) is 15.9. The van der Waals surface area contributed by atoms with Crippen molar-refractivity contribution in [3.8, 4) is 10.6 Å². The second kappa shape index (κ2) is 8.75. The van der Waals surface area contributed by atoms with Gasteiger partial charge < -0.3 is 14.8 Å². The van der Waals surface area contributed by atoms with Crippen LogP contribution in [0.4, 0.5) is 0 Å². The lowest BCUT2D eigenvalue weighted by Crippen LogP contribution is -2.37. The molecule has 7 heteroatoms. The summed E-state index contributed by atoms with van der Waals surface area (Å²) in [7, 11) is 1.55. The molecule has 27 heavy (non-hydrogen) atoms. The van der Waals surface area contributed by atoms with Crippen molar-refractivity contribution in [1.29, 1.82) is 0 Å². The van der Waals surface area contributed by atoms with Crippen molar-refractivity contribution in [3.63, 3.8) is 0 Å². The first kappa shape index (κ1) is 19.0. The molecule has 1 amide bonds. The number of hydrogen-bond donors (Lipinski definition) is 1. The number of esters is 1. The van der Waals surface area contributed by atoms with Crippen LogP contribution in [0.1, 0.15) is 17.3 Å². The Hall–Kier alpha value is -2.77. The van der Waals surface area contributed by atoms with E-state index >= 15 is 0 Å². The van der Waals surface area contributed by atoms with Crippen LogP contribution < -0.4 is 5.32 Å². The number of thiophene rings is 1. The molecule has 0 radical (unpaired) electrons. The van der Waals surface area contributed by atoms with E-state index in [1.54, 1.807) is 31.4 Å². The molecule has 0 spiro atoms. The zero-order valence-electron chi connectivity index (χ0n) is 15.1. The van der Waals surface area contributed by atoms with Gasteiger partial charge in [0.15, 0.2) is 6.10 Å². The normalized spacial score (nSPS) is 11.9. The molecule has 3 aromatic rings. The molecular formula is C20H20N2O4S. The molecule has 0 aliphatic rings. The average Bonchev–Trinajstić information content (AvgIpc) is 3.22. The first-order chi connectivity index (χ1) is 13.1. The lowest BCUT2D eigenvalue weighted by atomic mass is 10.1. The van der Waals surface area contributed by atoms with Crippen LogP contribution in [0.3, 0.4) is 0 Å². The maximum absolute atomic E-state index is 12.8. The minimum atomic E-state index is -0.911. The molecule has 0 unspecified atom stereocenters. The standard InChI is InChI=1S/C20H20N2O4S/c1-13(19(23)21-9-10-25-2)26-20(24)15-12-17(18-8-5-11-27-18)22-16-7-4-3-6-14(15)16/h3-8,11-13H,9-10H2,1-2H3,(H,21,23)/t13-/m0/s1. The molecular weight excluding hydrogens is 364 g/mol. The second-order valence-electron chi connectivity index (χ2n) is 5.88. The number of methoxy groups -OCH3 is 1. The first-order valence-electron chi connectivity index (χ1n) is 8.51. The van der Waals surface area contributed by atoms with Crippen molar-refractivity contribution in [1.82, 2.24) is 10.3 Å². The van der Waals surface area contributed by atoms with E-state index in [0.29, 0.717) is 35.3 Å². The molecule has 0 saturated carbocycles. The van der Waals surface area contributed by atoms with E-state index in [1.807, 2.05) is 41.8 Å². The number of carbonyl (C=O) groups is 2. The molecule has 0 aliphatic carbocycles. The van der Waals surface area contributed by atoms with Crippen molar-refractivity contribution < 1.29 is 19.1 Å². The zero-order chi connectivity index (χ0) is 19.2. The van der Waals surface area contributed by atoms with Crippen molar-refractivity contribution in [2.24, 2.45) is 0 Å². The summed E-state index contributed by atoms with van der Waals surface area (Å²) in [6.07, 6.45) is -0.911. The predicted molar refractivity (Wildman–Crippen MR) is 105 cm³/mol. The van der Waals surface area contributed by atoms with Crippen LogP contribution in [0.5, 0.6) is 0 Å². The van der Waals surface area contributed by atoms with Gasteiger partial charge in [0.05, 0.1) is 28.3 Å². The monoisotopic (exact) mass is 384 g/mol. The van der Waals surface area contributed by atoms with Gasteiger partial charge in [0.2, 0.25) is 0 Å². The topological polar surface area (TPSA) is 77.5 Å². The summed E-state index contributed by atoms with van der Waals surface area (Å²) in [5.74, 6) is -0.918. The highest BCUT2D eigenvalue weighted by Crippen LogP contribution is 2.28. The molecule has 140 valence electrons. The summed E-state index contributed by atoms with van der Waals surface area (Å²) in [5, 5.41) is 5.30. The van der Waals surface area contributed by atoms with Crippen molar-refractivity contribution >= 4 is 34.1 Å². The summed E-state index contributed by atoms with van der Waals surface area (Å²) in [6, 6.07) is 13.0. The Morgan fingerprint density at radius 3 is 2.78 bits per heavy atom. The molecule has 2 aromatic heterocycles. The SMILES string of the molecule is COCCNC(=O)[C@H](C)OC(=O)c1cc(-c2cccs2)nc2ccccc12. The Bertz CT molecular complexity index is 940. The largest absolute Gasteiger partial charge is 0.449 e. The summed E-state index contributed by atoms with van der Waals surface area (Å²) in [5.41, 5.74) is 1.79. The van der Waals surface area contributed by atoms with Gasteiger partial charge in [0.1, 0.15) is 0 Å². The highest BCUT2D eigenvalue weighted by atomic mass is 32.1. The van der Waals surface area contributed by atoms with Gasteiger partial charge in [-0.05, 0) is 30.5 Å². The third-order valence-corrected chi connectivity index (χ3v) is 4.86. The molecule has 1 N–H and O–H groups in total. The summed E-state index contributed by atoms with van der Waals surface area (Å²) in [6.45, 7) is 2.30. The molecule has 2 heterocycles. The Balaban J connectivity index is 1.86. The molecule has 3 rings (SSSR count). The van der Waals surface area contributed by atoms with E-state index in [0.717, 1.165) is 4.88 Å². The highest BCUT2D eigenvalue weighted by molar-refractivity contribution is 7.13. The highest BCUT2D eigenvalue weighted by Gasteiger charge is 2.21. The fourth-order valence-electron chi connectivity index (χ4n) is 2.59. The van der Waals surface area contributed by atoms with E-state index in [-0.39, 0.29) is 5.91 Å². The van der Waals surface area contributed by atoms with Gasteiger partial charge in [0.25, 0.3) is 5.91 Å². The van der Waals surface area contributed by atoms with E-state index in [2.05, 4.69) is 10.3 Å². The molecule has 0 aliphatic heterocycles. The van der Waals surface area contributed by atoms with Gasteiger partial charge in [-0.3, -0.25) is 4.79 Å². The number of benzene rings is 1. The quantitative estimate of drug-likeness (QED) is 0.500. The van der Waals surface area contributed by atoms with Gasteiger partial charge >= 0.3 is 5.97 Å². The van der Waals surface area contributed by atoms with E-state index in [4.69, 9.17) is 9.47 Å². The number of amides is 1. The minimum Gasteiger partial charge on any atom is -0.449 e. The van der Waals surface area contributed by atoms with Crippen LogP contribution >= 0.6 is 11.3 Å². The Kier molecular flexibility index (Phi) is 6.16. The first-order valence-corrected chi connectivity index (χ1v) is 9.39.